The van der Waals surface area contributed by atoms with Crippen LogP contribution in [0.15, 0.2) is 35.1 Å². The number of nitrogens with one attached hydrogen (secondary N) is 1. The largest absolute Gasteiger partial charge is 0.245 e. The van der Waals surface area contributed by atoms with Gasteiger partial charge in [-0.25, -0.2) is 13.4 Å². The standard InChI is InChI=1S/C17H19ClN2O2S2/c1-13-12-23-16(19-13)17(9-2-3-10-17)20-24(21,22)11-8-14-4-6-15(18)7-5-14/h4-8,11-12,20H,2-3,9-10H2,1H3/b11-8+. The van der Waals surface area contributed by atoms with E-state index in [-0.39, 0.29) is 0 Å². The first kappa shape index (κ1) is 17.6. The second kappa shape index (κ2) is 6.96. The van der Waals surface area contributed by atoms with Crippen molar-refractivity contribution in [3.8, 4) is 0 Å². The molecule has 7 heteroatoms. The lowest BCUT2D eigenvalue weighted by Crippen LogP contribution is -2.42. The molecule has 128 valence electrons. The number of sulfonamides is 1. The van der Waals surface area contributed by atoms with E-state index in [1.54, 1.807) is 30.3 Å². The van der Waals surface area contributed by atoms with Crippen LogP contribution in [0.4, 0.5) is 0 Å². The lowest BCUT2D eigenvalue weighted by molar-refractivity contribution is 0.404. The van der Waals surface area contributed by atoms with Gasteiger partial charge >= 0.3 is 0 Å². The van der Waals surface area contributed by atoms with E-state index in [4.69, 9.17) is 11.6 Å². The van der Waals surface area contributed by atoms with Gasteiger partial charge in [0.1, 0.15) is 5.01 Å². The second-order valence-corrected chi connectivity index (χ2v) is 8.95. The highest BCUT2D eigenvalue weighted by Crippen LogP contribution is 2.40. The fourth-order valence-electron chi connectivity index (χ4n) is 2.96. The van der Waals surface area contributed by atoms with E-state index >= 15 is 0 Å². The van der Waals surface area contributed by atoms with Crippen LogP contribution >= 0.6 is 22.9 Å². The first-order valence-electron chi connectivity index (χ1n) is 7.79. The minimum atomic E-state index is -3.57. The average Bonchev–Trinajstić information content (AvgIpc) is 3.16. The second-order valence-electron chi connectivity index (χ2n) is 6.08. The molecule has 1 aliphatic rings. The van der Waals surface area contributed by atoms with Crippen molar-refractivity contribution < 1.29 is 8.42 Å². The van der Waals surface area contributed by atoms with Crippen LogP contribution in [-0.4, -0.2) is 13.4 Å². The minimum absolute atomic E-state index is 0.567. The average molecular weight is 383 g/mol. The van der Waals surface area contributed by atoms with Crippen LogP contribution in [0.5, 0.6) is 0 Å². The van der Waals surface area contributed by atoms with Gasteiger partial charge in [0.05, 0.1) is 5.54 Å². The summed E-state index contributed by atoms with van der Waals surface area (Å²) in [6.07, 6.45) is 5.15. The van der Waals surface area contributed by atoms with Gasteiger partial charge in [0.2, 0.25) is 10.0 Å². The fraction of sp³-hybridized carbons (Fsp3) is 0.353. The van der Waals surface area contributed by atoms with E-state index in [0.717, 1.165) is 41.9 Å². The number of thiazole rings is 1. The predicted molar refractivity (Wildman–Crippen MR) is 99.5 cm³/mol. The van der Waals surface area contributed by atoms with E-state index in [9.17, 15) is 8.42 Å². The molecule has 0 bridgehead atoms. The molecule has 24 heavy (non-hydrogen) atoms. The Balaban J connectivity index is 1.82. The van der Waals surface area contributed by atoms with Crippen molar-refractivity contribution in [3.63, 3.8) is 0 Å². The van der Waals surface area contributed by atoms with Crippen LogP contribution in [0, 0.1) is 6.92 Å². The lowest BCUT2D eigenvalue weighted by Gasteiger charge is -2.27. The van der Waals surface area contributed by atoms with Gasteiger partial charge < -0.3 is 0 Å². The summed E-state index contributed by atoms with van der Waals surface area (Å²) < 4.78 is 28.0. The lowest BCUT2D eigenvalue weighted by atomic mass is 10.0. The Kier molecular flexibility index (Phi) is 5.11. The van der Waals surface area contributed by atoms with Gasteiger partial charge in [0, 0.05) is 21.5 Å². The number of hydrogen-bond acceptors (Lipinski definition) is 4. The van der Waals surface area contributed by atoms with Crippen molar-refractivity contribution in [1.82, 2.24) is 9.71 Å². The third-order valence-corrected chi connectivity index (χ3v) is 6.72. The fourth-order valence-corrected chi connectivity index (χ4v) is 5.41. The van der Waals surface area contributed by atoms with Crippen molar-refractivity contribution >= 4 is 39.0 Å². The third kappa shape index (κ3) is 4.06. The van der Waals surface area contributed by atoms with E-state index in [1.165, 1.54) is 16.7 Å². The SMILES string of the molecule is Cc1csc(C2(NS(=O)(=O)/C=C/c3ccc(Cl)cc3)CCCC2)n1. The molecule has 1 aromatic carbocycles. The monoisotopic (exact) mass is 382 g/mol. The Morgan fingerprint density at radius 3 is 2.50 bits per heavy atom. The number of rotatable bonds is 5. The van der Waals surface area contributed by atoms with Gasteiger partial charge in [-0.15, -0.1) is 11.3 Å². The van der Waals surface area contributed by atoms with E-state index in [1.807, 2.05) is 12.3 Å². The molecule has 0 unspecified atom stereocenters. The minimum Gasteiger partial charge on any atom is -0.245 e. The number of aryl methyl sites for hydroxylation is 1. The van der Waals surface area contributed by atoms with Crippen LogP contribution in [0.25, 0.3) is 6.08 Å². The molecule has 3 rings (SSSR count). The van der Waals surface area contributed by atoms with Gasteiger partial charge in [0.15, 0.2) is 0 Å². The van der Waals surface area contributed by atoms with E-state index < -0.39 is 15.6 Å². The number of hydrogen-bond donors (Lipinski definition) is 1. The Morgan fingerprint density at radius 1 is 1.25 bits per heavy atom. The molecule has 0 saturated heterocycles. The Labute approximate surface area is 151 Å². The van der Waals surface area contributed by atoms with E-state index in [2.05, 4.69) is 9.71 Å². The van der Waals surface area contributed by atoms with Crippen LogP contribution in [0.2, 0.25) is 5.02 Å². The molecule has 1 aromatic heterocycles. The molecule has 0 aliphatic heterocycles. The number of benzene rings is 1. The normalized spacial score (nSPS) is 17.6. The summed E-state index contributed by atoms with van der Waals surface area (Å²) in [5, 5.41) is 4.67. The smallest absolute Gasteiger partial charge is 0.234 e. The summed E-state index contributed by atoms with van der Waals surface area (Å²) in [5.74, 6) is 0. The molecular weight excluding hydrogens is 364 g/mol. The summed E-state index contributed by atoms with van der Waals surface area (Å²) >= 11 is 7.37. The third-order valence-electron chi connectivity index (χ3n) is 4.13. The highest BCUT2D eigenvalue weighted by molar-refractivity contribution is 7.92. The zero-order valence-electron chi connectivity index (χ0n) is 13.3. The maximum absolute atomic E-state index is 12.6. The van der Waals surface area contributed by atoms with Crippen molar-refractivity contribution in [2.75, 3.05) is 0 Å². The molecular formula is C17H19ClN2O2S2. The quantitative estimate of drug-likeness (QED) is 0.830. The Hall–Kier alpha value is -1.21. The van der Waals surface area contributed by atoms with Gasteiger partial charge in [-0.1, -0.05) is 36.6 Å². The van der Waals surface area contributed by atoms with Crippen molar-refractivity contribution in [3.05, 3.63) is 56.3 Å². The van der Waals surface area contributed by atoms with Gasteiger partial charge in [-0.05, 0) is 43.5 Å². The molecule has 0 atom stereocenters. The zero-order valence-corrected chi connectivity index (χ0v) is 15.7. The summed E-state index contributed by atoms with van der Waals surface area (Å²) in [6, 6.07) is 7.03. The molecule has 1 fully saturated rings. The highest BCUT2D eigenvalue weighted by Gasteiger charge is 2.40. The zero-order chi connectivity index (χ0) is 17.2. The van der Waals surface area contributed by atoms with Crippen LogP contribution in [-0.2, 0) is 15.6 Å². The van der Waals surface area contributed by atoms with E-state index in [0.29, 0.717) is 5.02 Å². The van der Waals surface area contributed by atoms with Gasteiger partial charge in [-0.2, -0.15) is 4.72 Å². The first-order chi connectivity index (χ1) is 11.4. The van der Waals surface area contributed by atoms with Crippen molar-refractivity contribution in [2.45, 2.75) is 38.1 Å². The van der Waals surface area contributed by atoms with Gasteiger partial charge in [-0.3, -0.25) is 0 Å². The maximum Gasteiger partial charge on any atom is 0.234 e. The molecule has 1 aliphatic carbocycles. The topological polar surface area (TPSA) is 59.1 Å². The Morgan fingerprint density at radius 2 is 1.92 bits per heavy atom. The van der Waals surface area contributed by atoms with Gasteiger partial charge in [0.25, 0.3) is 0 Å². The number of halogens is 1. The molecule has 2 aromatic rings. The molecule has 0 amide bonds. The molecule has 0 radical (unpaired) electrons. The highest BCUT2D eigenvalue weighted by atomic mass is 35.5. The first-order valence-corrected chi connectivity index (χ1v) is 10.6. The molecule has 0 spiro atoms. The molecule has 1 heterocycles. The number of nitrogens with zero attached hydrogens (tertiary/aromatic N) is 1. The molecule has 1 saturated carbocycles. The summed E-state index contributed by atoms with van der Waals surface area (Å²) in [7, 11) is -3.57. The maximum atomic E-state index is 12.6. The number of aromatic nitrogens is 1. The molecule has 1 N–H and O–H groups in total. The molecule has 4 nitrogen and oxygen atoms in total. The van der Waals surface area contributed by atoms with Crippen LogP contribution < -0.4 is 4.72 Å². The van der Waals surface area contributed by atoms with Crippen molar-refractivity contribution in [2.24, 2.45) is 0 Å². The summed E-state index contributed by atoms with van der Waals surface area (Å²) in [4.78, 5) is 4.53. The predicted octanol–water partition coefficient (Wildman–Crippen LogP) is 4.46. The van der Waals surface area contributed by atoms with Crippen LogP contribution in [0.1, 0.15) is 41.9 Å². The summed E-state index contributed by atoms with van der Waals surface area (Å²) in [6.45, 7) is 1.93. The Bertz CT molecular complexity index is 836. The van der Waals surface area contributed by atoms with Crippen molar-refractivity contribution in [1.29, 1.82) is 0 Å². The summed E-state index contributed by atoms with van der Waals surface area (Å²) in [5.41, 5.74) is 1.15. The van der Waals surface area contributed by atoms with Crippen LogP contribution in [0.3, 0.4) is 0 Å².